The monoisotopic (exact) mass is 464 g/mol. The van der Waals surface area contributed by atoms with Crippen LogP contribution in [0.25, 0.3) is 53.2 Å². The van der Waals surface area contributed by atoms with Gasteiger partial charge in [0.1, 0.15) is 0 Å². The van der Waals surface area contributed by atoms with Crippen LogP contribution >= 0.6 is 27.3 Å². The molecule has 6 rings (SSSR count). The summed E-state index contributed by atoms with van der Waals surface area (Å²) in [5.41, 5.74) is 5.03. The molecule has 0 fully saturated rings. The summed E-state index contributed by atoms with van der Waals surface area (Å²) in [6.45, 7) is 0. The zero-order valence-electron chi connectivity index (χ0n) is 16.1. The van der Waals surface area contributed by atoms with Gasteiger partial charge < -0.3 is 0 Å². The molecule has 5 aromatic carbocycles. The molecule has 0 aliphatic carbocycles. The second-order valence-corrected chi connectivity index (χ2v) is 9.54. The first kappa shape index (κ1) is 17.9. The van der Waals surface area contributed by atoms with Gasteiger partial charge in [0.25, 0.3) is 0 Å². The summed E-state index contributed by atoms with van der Waals surface area (Å²) in [7, 11) is 0. The molecule has 1 heterocycles. The number of rotatable bonds is 2. The van der Waals surface area contributed by atoms with Gasteiger partial charge in [-0.1, -0.05) is 88.7 Å². The highest BCUT2D eigenvalue weighted by Gasteiger charge is 2.12. The Hall–Kier alpha value is -2.94. The Morgan fingerprint density at radius 2 is 1.27 bits per heavy atom. The van der Waals surface area contributed by atoms with Crippen molar-refractivity contribution in [1.82, 2.24) is 0 Å². The van der Waals surface area contributed by atoms with Gasteiger partial charge >= 0.3 is 0 Å². The van der Waals surface area contributed by atoms with E-state index < -0.39 is 0 Å². The lowest BCUT2D eigenvalue weighted by Crippen LogP contribution is -1.82. The highest BCUT2D eigenvalue weighted by atomic mass is 79.9. The van der Waals surface area contributed by atoms with E-state index in [1.165, 1.54) is 53.2 Å². The van der Waals surface area contributed by atoms with E-state index in [4.69, 9.17) is 0 Å². The lowest BCUT2D eigenvalue weighted by Gasteiger charge is -2.07. The Kier molecular flexibility index (Phi) is 4.22. The van der Waals surface area contributed by atoms with Crippen molar-refractivity contribution in [2.45, 2.75) is 0 Å². The van der Waals surface area contributed by atoms with Gasteiger partial charge in [0.05, 0.1) is 0 Å². The largest absolute Gasteiger partial charge is 0.135 e. The maximum Gasteiger partial charge on any atom is 0.0433 e. The first-order chi connectivity index (χ1) is 14.8. The van der Waals surface area contributed by atoms with Crippen LogP contribution in [0.1, 0.15) is 0 Å². The normalized spacial score (nSPS) is 11.5. The van der Waals surface area contributed by atoms with Crippen LogP contribution in [0.3, 0.4) is 0 Å². The maximum absolute atomic E-state index is 3.53. The predicted octanol–water partition coefficient (Wildman–Crippen LogP) is 9.30. The number of benzene rings is 5. The molecule has 2 heteroatoms. The van der Waals surface area contributed by atoms with Crippen molar-refractivity contribution >= 4 is 58.2 Å². The fraction of sp³-hybridized carbons (Fsp3) is 0. The summed E-state index contributed by atoms with van der Waals surface area (Å²) in [5, 5.41) is 5.29. The second-order valence-electron chi connectivity index (χ2n) is 7.57. The summed E-state index contributed by atoms with van der Waals surface area (Å²) in [5.74, 6) is 0. The molecule has 0 aliphatic heterocycles. The van der Waals surface area contributed by atoms with E-state index in [2.05, 4.69) is 119 Å². The number of thiophene rings is 1. The van der Waals surface area contributed by atoms with E-state index in [0.29, 0.717) is 0 Å². The third kappa shape index (κ3) is 2.96. The average molecular weight is 465 g/mol. The minimum atomic E-state index is 1.10. The molecule has 0 spiro atoms. The van der Waals surface area contributed by atoms with E-state index in [0.717, 1.165) is 4.47 Å². The van der Waals surface area contributed by atoms with E-state index in [9.17, 15) is 0 Å². The van der Waals surface area contributed by atoms with E-state index in [1.807, 2.05) is 11.3 Å². The van der Waals surface area contributed by atoms with Gasteiger partial charge in [0.15, 0.2) is 0 Å². The molecule has 0 nitrogen and oxygen atoms in total. The summed E-state index contributed by atoms with van der Waals surface area (Å²) < 4.78 is 3.81. The van der Waals surface area contributed by atoms with Crippen molar-refractivity contribution in [2.24, 2.45) is 0 Å². The molecular weight excluding hydrogens is 448 g/mol. The molecule has 6 aromatic rings. The van der Waals surface area contributed by atoms with Crippen LogP contribution in [0.5, 0.6) is 0 Å². The smallest absolute Gasteiger partial charge is 0.0433 e. The van der Waals surface area contributed by atoms with E-state index >= 15 is 0 Å². The van der Waals surface area contributed by atoms with Gasteiger partial charge in [-0.25, -0.2) is 0 Å². The molecule has 0 saturated heterocycles. The molecule has 0 atom stereocenters. The molecule has 30 heavy (non-hydrogen) atoms. The predicted molar refractivity (Wildman–Crippen MR) is 135 cm³/mol. The summed E-state index contributed by atoms with van der Waals surface area (Å²) in [6.07, 6.45) is 0. The zero-order valence-corrected chi connectivity index (χ0v) is 18.5. The van der Waals surface area contributed by atoms with Crippen LogP contribution in [-0.2, 0) is 0 Å². The lowest BCUT2D eigenvalue weighted by molar-refractivity contribution is 1.59. The molecule has 0 unspecified atom stereocenters. The van der Waals surface area contributed by atoms with Crippen molar-refractivity contribution in [3.63, 3.8) is 0 Å². The third-order valence-electron chi connectivity index (χ3n) is 5.72. The summed E-state index contributed by atoms with van der Waals surface area (Å²) in [6, 6.07) is 37.4. The molecule has 0 saturated carbocycles. The van der Waals surface area contributed by atoms with Crippen molar-refractivity contribution in [1.29, 1.82) is 0 Å². The summed E-state index contributed by atoms with van der Waals surface area (Å²) >= 11 is 5.43. The fourth-order valence-electron chi connectivity index (χ4n) is 4.22. The molecule has 0 radical (unpaired) electrons. The Bertz CT molecular complexity index is 1540. The van der Waals surface area contributed by atoms with Crippen molar-refractivity contribution in [3.8, 4) is 22.3 Å². The number of halogens is 1. The number of fused-ring (bicyclic) bond motifs is 4. The maximum atomic E-state index is 3.53. The molecule has 1 aromatic heterocycles. The number of hydrogen-bond acceptors (Lipinski definition) is 1. The molecule has 142 valence electrons. The van der Waals surface area contributed by atoms with Crippen molar-refractivity contribution in [3.05, 3.63) is 108 Å². The molecule has 0 amide bonds. The minimum Gasteiger partial charge on any atom is -0.135 e. The van der Waals surface area contributed by atoms with Crippen LogP contribution in [-0.4, -0.2) is 0 Å². The summed E-state index contributed by atoms with van der Waals surface area (Å²) in [4.78, 5) is 0. The van der Waals surface area contributed by atoms with Gasteiger partial charge in [-0.15, -0.1) is 11.3 Å². The first-order valence-electron chi connectivity index (χ1n) is 9.97. The zero-order chi connectivity index (χ0) is 20.1. The minimum absolute atomic E-state index is 1.10. The van der Waals surface area contributed by atoms with Gasteiger partial charge in [-0.2, -0.15) is 0 Å². The molecule has 0 N–H and O–H groups in total. The molecule has 0 aliphatic rings. The Morgan fingerprint density at radius 3 is 2.10 bits per heavy atom. The van der Waals surface area contributed by atoms with E-state index in [-0.39, 0.29) is 0 Å². The second kappa shape index (κ2) is 7.09. The van der Waals surface area contributed by atoms with Crippen LogP contribution in [0, 0.1) is 0 Å². The topological polar surface area (TPSA) is 0 Å². The van der Waals surface area contributed by atoms with Gasteiger partial charge in [0.2, 0.25) is 0 Å². The van der Waals surface area contributed by atoms with Crippen LogP contribution in [0.15, 0.2) is 108 Å². The van der Waals surface area contributed by atoms with Crippen molar-refractivity contribution in [2.75, 3.05) is 0 Å². The Balaban J connectivity index is 1.57. The standard InChI is InChI=1S/C28H17BrS/c29-23-13-11-18(12-14-23)19-7-3-8-22(15-19)24-9-4-10-25-26-16-20-5-1-2-6-21(20)17-27(26)30-28(24)25/h1-17H. The molecular formula is C28H17BrS. The quantitative estimate of drug-likeness (QED) is 0.239. The molecule has 0 bridgehead atoms. The van der Waals surface area contributed by atoms with Gasteiger partial charge in [-0.05, 0) is 63.4 Å². The van der Waals surface area contributed by atoms with Gasteiger partial charge in [-0.3, -0.25) is 0 Å². The average Bonchev–Trinajstić information content (AvgIpc) is 3.15. The Labute approximate surface area is 187 Å². The highest BCUT2D eigenvalue weighted by Crippen LogP contribution is 2.41. The highest BCUT2D eigenvalue weighted by molar-refractivity contribution is 9.10. The van der Waals surface area contributed by atoms with Gasteiger partial charge in [0, 0.05) is 24.6 Å². The SMILES string of the molecule is Brc1ccc(-c2cccc(-c3cccc4c3sc3cc5ccccc5cc34)c2)cc1. The number of hydrogen-bond donors (Lipinski definition) is 0. The van der Waals surface area contributed by atoms with Crippen molar-refractivity contribution < 1.29 is 0 Å². The van der Waals surface area contributed by atoms with Crippen LogP contribution in [0.4, 0.5) is 0 Å². The lowest BCUT2D eigenvalue weighted by atomic mass is 9.97. The Morgan fingerprint density at radius 1 is 0.533 bits per heavy atom. The first-order valence-corrected chi connectivity index (χ1v) is 11.6. The third-order valence-corrected chi connectivity index (χ3v) is 7.45. The fourth-order valence-corrected chi connectivity index (χ4v) is 5.75. The van der Waals surface area contributed by atoms with Crippen LogP contribution in [0.2, 0.25) is 0 Å². The van der Waals surface area contributed by atoms with Crippen LogP contribution < -0.4 is 0 Å². The van der Waals surface area contributed by atoms with E-state index in [1.54, 1.807) is 0 Å².